The van der Waals surface area contributed by atoms with Crippen LogP contribution >= 0.6 is 0 Å². The summed E-state index contributed by atoms with van der Waals surface area (Å²) in [6.07, 6.45) is 7.04. The lowest BCUT2D eigenvalue weighted by Crippen LogP contribution is -2.29. The van der Waals surface area contributed by atoms with Crippen molar-refractivity contribution in [2.24, 2.45) is 11.7 Å². The molecule has 3 heterocycles. The normalized spacial score (nSPS) is 28.1. The molecule has 0 spiro atoms. The van der Waals surface area contributed by atoms with E-state index < -0.39 is 0 Å². The van der Waals surface area contributed by atoms with Crippen LogP contribution in [0.2, 0.25) is 0 Å². The van der Waals surface area contributed by atoms with E-state index in [4.69, 9.17) is 10.5 Å². The van der Waals surface area contributed by atoms with Gasteiger partial charge in [0.2, 0.25) is 0 Å². The summed E-state index contributed by atoms with van der Waals surface area (Å²) in [6.45, 7) is 2.65. The lowest BCUT2D eigenvalue weighted by atomic mass is 9.99. The zero-order chi connectivity index (χ0) is 12.4. The van der Waals surface area contributed by atoms with Gasteiger partial charge >= 0.3 is 0 Å². The molecule has 2 N–H and O–H groups in total. The molecule has 1 aromatic rings. The van der Waals surface area contributed by atoms with Crippen LogP contribution in [0.25, 0.3) is 0 Å². The van der Waals surface area contributed by atoms with Crippen LogP contribution < -0.4 is 5.73 Å². The van der Waals surface area contributed by atoms with Gasteiger partial charge in [0.25, 0.3) is 0 Å². The molecule has 100 valence electrons. The quantitative estimate of drug-likeness (QED) is 0.866. The van der Waals surface area contributed by atoms with E-state index >= 15 is 0 Å². The van der Waals surface area contributed by atoms with E-state index in [1.165, 1.54) is 12.8 Å². The summed E-state index contributed by atoms with van der Waals surface area (Å²) in [5.41, 5.74) is 5.78. The minimum absolute atomic E-state index is 0.338. The van der Waals surface area contributed by atoms with Crippen LogP contribution in [0.15, 0.2) is 0 Å². The molecule has 1 fully saturated rings. The van der Waals surface area contributed by atoms with Gasteiger partial charge in [0.15, 0.2) is 0 Å². The highest BCUT2D eigenvalue weighted by Crippen LogP contribution is 2.22. The number of hydrogen-bond acceptors (Lipinski definition) is 4. The molecular formula is C13H22N4O. The number of nitrogens with two attached hydrogens (primary N) is 1. The molecule has 0 amide bonds. The van der Waals surface area contributed by atoms with Crippen molar-refractivity contribution < 1.29 is 4.74 Å². The van der Waals surface area contributed by atoms with Gasteiger partial charge in [-0.05, 0) is 38.1 Å². The van der Waals surface area contributed by atoms with Crippen molar-refractivity contribution in [1.82, 2.24) is 14.8 Å². The molecule has 0 radical (unpaired) electrons. The first-order valence-electron chi connectivity index (χ1n) is 7.09. The second-order valence-electron chi connectivity index (χ2n) is 5.48. The Hall–Kier alpha value is -0.940. The summed E-state index contributed by atoms with van der Waals surface area (Å²) in [7, 11) is 0. The van der Waals surface area contributed by atoms with E-state index in [1.807, 2.05) is 0 Å². The average molecular weight is 250 g/mol. The lowest BCUT2D eigenvalue weighted by Gasteiger charge is -2.25. The molecule has 2 aliphatic rings. The van der Waals surface area contributed by atoms with Gasteiger partial charge in [0.05, 0.1) is 6.10 Å². The van der Waals surface area contributed by atoms with Crippen molar-refractivity contribution in [3.63, 3.8) is 0 Å². The molecule has 2 unspecified atom stereocenters. The summed E-state index contributed by atoms with van der Waals surface area (Å²) < 4.78 is 8.07. The smallest absolute Gasteiger partial charge is 0.135 e. The minimum Gasteiger partial charge on any atom is -0.378 e. The predicted molar refractivity (Wildman–Crippen MR) is 68.2 cm³/mol. The second-order valence-corrected chi connectivity index (χ2v) is 5.48. The van der Waals surface area contributed by atoms with Crippen LogP contribution in [0.3, 0.4) is 0 Å². The largest absolute Gasteiger partial charge is 0.378 e. The van der Waals surface area contributed by atoms with Gasteiger partial charge < -0.3 is 15.0 Å². The van der Waals surface area contributed by atoms with Crippen molar-refractivity contribution in [1.29, 1.82) is 0 Å². The highest BCUT2D eigenvalue weighted by Gasteiger charge is 2.24. The van der Waals surface area contributed by atoms with Crippen LogP contribution in [0.1, 0.15) is 37.3 Å². The Morgan fingerprint density at radius 3 is 3.00 bits per heavy atom. The molecule has 2 atom stereocenters. The van der Waals surface area contributed by atoms with Gasteiger partial charge in [-0.15, -0.1) is 10.2 Å². The third-order valence-corrected chi connectivity index (χ3v) is 4.14. The fourth-order valence-electron chi connectivity index (χ4n) is 2.97. The predicted octanol–water partition coefficient (Wildman–Crippen LogP) is 0.911. The molecular weight excluding hydrogens is 228 g/mol. The number of nitrogens with zero attached hydrogens (tertiary/aromatic N) is 3. The number of fused-ring (bicyclic) bond motifs is 1. The Balaban J connectivity index is 1.71. The van der Waals surface area contributed by atoms with Crippen LogP contribution in [0, 0.1) is 5.92 Å². The molecule has 2 aliphatic heterocycles. The standard InChI is InChI=1S/C13H22N4O/c14-8-10-4-5-12-15-16-13(17(12)9-10)7-11-3-1-2-6-18-11/h10-11H,1-9,14H2. The lowest BCUT2D eigenvalue weighted by molar-refractivity contribution is 0.0149. The Morgan fingerprint density at radius 1 is 1.28 bits per heavy atom. The summed E-state index contributed by atoms with van der Waals surface area (Å²) in [6, 6.07) is 0. The van der Waals surface area contributed by atoms with Crippen LogP contribution in [0.5, 0.6) is 0 Å². The molecule has 0 saturated carbocycles. The fraction of sp³-hybridized carbons (Fsp3) is 0.846. The van der Waals surface area contributed by atoms with Gasteiger partial charge in [0, 0.05) is 26.0 Å². The van der Waals surface area contributed by atoms with E-state index in [9.17, 15) is 0 Å². The zero-order valence-electron chi connectivity index (χ0n) is 10.8. The summed E-state index contributed by atoms with van der Waals surface area (Å²) in [5.74, 6) is 2.81. The summed E-state index contributed by atoms with van der Waals surface area (Å²) in [5, 5.41) is 8.66. The highest BCUT2D eigenvalue weighted by molar-refractivity contribution is 5.01. The van der Waals surface area contributed by atoms with Crippen LogP contribution in [0.4, 0.5) is 0 Å². The van der Waals surface area contributed by atoms with E-state index in [2.05, 4.69) is 14.8 Å². The Kier molecular flexibility index (Phi) is 3.61. The first kappa shape index (κ1) is 12.1. The SMILES string of the molecule is NCC1CCc2nnc(CC3CCCCO3)n2C1. The van der Waals surface area contributed by atoms with Crippen LogP contribution in [-0.4, -0.2) is 34.0 Å². The first-order chi connectivity index (χ1) is 8.86. The molecule has 1 aromatic heterocycles. The Labute approximate surface area is 108 Å². The molecule has 0 bridgehead atoms. The molecule has 0 aliphatic carbocycles. The minimum atomic E-state index is 0.338. The van der Waals surface area contributed by atoms with Gasteiger partial charge in [-0.1, -0.05) is 0 Å². The Bertz CT molecular complexity index is 398. The van der Waals surface area contributed by atoms with Crippen LogP contribution in [-0.2, 0) is 24.1 Å². The van der Waals surface area contributed by atoms with E-state index in [0.717, 1.165) is 57.0 Å². The Morgan fingerprint density at radius 2 is 2.22 bits per heavy atom. The van der Waals surface area contributed by atoms with Crippen molar-refractivity contribution in [3.05, 3.63) is 11.6 Å². The monoisotopic (exact) mass is 250 g/mol. The number of aryl methyl sites for hydroxylation is 1. The number of aromatic nitrogens is 3. The topological polar surface area (TPSA) is 66.0 Å². The van der Waals surface area contributed by atoms with E-state index in [0.29, 0.717) is 12.0 Å². The van der Waals surface area contributed by atoms with Crippen molar-refractivity contribution in [2.75, 3.05) is 13.2 Å². The van der Waals surface area contributed by atoms with Gasteiger partial charge in [-0.25, -0.2) is 0 Å². The molecule has 0 aromatic carbocycles. The number of hydrogen-bond donors (Lipinski definition) is 1. The van der Waals surface area contributed by atoms with Gasteiger partial charge in [-0.3, -0.25) is 0 Å². The number of rotatable bonds is 3. The average Bonchev–Trinajstić information content (AvgIpc) is 2.82. The van der Waals surface area contributed by atoms with Crippen molar-refractivity contribution in [3.8, 4) is 0 Å². The molecule has 5 nitrogen and oxygen atoms in total. The third-order valence-electron chi connectivity index (χ3n) is 4.14. The number of ether oxygens (including phenoxy) is 1. The van der Waals surface area contributed by atoms with E-state index in [1.54, 1.807) is 0 Å². The first-order valence-corrected chi connectivity index (χ1v) is 7.09. The van der Waals surface area contributed by atoms with Gasteiger partial charge in [0.1, 0.15) is 11.6 Å². The highest BCUT2D eigenvalue weighted by atomic mass is 16.5. The van der Waals surface area contributed by atoms with Crippen molar-refractivity contribution >= 4 is 0 Å². The third kappa shape index (κ3) is 2.42. The molecule has 18 heavy (non-hydrogen) atoms. The molecule has 1 saturated heterocycles. The maximum atomic E-state index is 5.79. The zero-order valence-corrected chi connectivity index (χ0v) is 10.8. The maximum absolute atomic E-state index is 5.79. The second kappa shape index (κ2) is 5.36. The summed E-state index contributed by atoms with van der Waals surface area (Å²) in [4.78, 5) is 0. The van der Waals surface area contributed by atoms with Crippen molar-refractivity contribution in [2.45, 2.75) is 51.2 Å². The summed E-state index contributed by atoms with van der Waals surface area (Å²) >= 11 is 0. The maximum Gasteiger partial charge on any atom is 0.135 e. The fourth-order valence-corrected chi connectivity index (χ4v) is 2.97. The van der Waals surface area contributed by atoms with Gasteiger partial charge in [-0.2, -0.15) is 0 Å². The molecule has 5 heteroatoms. The molecule has 3 rings (SSSR count). The van der Waals surface area contributed by atoms with E-state index in [-0.39, 0.29) is 0 Å².